The second-order valence-corrected chi connectivity index (χ2v) is 7.41. The Kier molecular flexibility index (Phi) is 5.44. The molecule has 3 heterocycles. The molecule has 1 aliphatic rings. The Labute approximate surface area is 162 Å². The molecule has 1 unspecified atom stereocenters. The number of likely N-dealkylation sites (tertiary alicyclic amines) is 1. The third kappa shape index (κ3) is 4.17. The Morgan fingerprint density at radius 1 is 1.19 bits per heavy atom. The van der Waals surface area contributed by atoms with E-state index in [1.165, 1.54) is 11.3 Å². The van der Waals surface area contributed by atoms with Crippen LogP contribution in [0.3, 0.4) is 0 Å². The number of hydrogen-bond acceptors (Lipinski definition) is 5. The molecule has 1 saturated heterocycles. The number of carbonyl (C=O) groups excluding carboxylic acids is 1. The highest BCUT2D eigenvalue weighted by Gasteiger charge is 2.29. The molecule has 0 aliphatic carbocycles. The topological polar surface area (TPSA) is 55.3 Å². The summed E-state index contributed by atoms with van der Waals surface area (Å²) in [4.78, 5) is 23.6. The number of pyridine rings is 1. The highest BCUT2D eigenvalue weighted by molar-refractivity contribution is 7.13. The highest BCUT2D eigenvalue weighted by atomic mass is 32.1. The van der Waals surface area contributed by atoms with Crippen LogP contribution in [0.15, 0.2) is 60.2 Å². The summed E-state index contributed by atoms with van der Waals surface area (Å²) in [6, 6.07) is 13.8. The molecular weight excluding hydrogens is 358 g/mol. The first-order chi connectivity index (χ1) is 13.3. The van der Waals surface area contributed by atoms with Crippen molar-refractivity contribution in [2.24, 2.45) is 0 Å². The van der Waals surface area contributed by atoms with Crippen molar-refractivity contribution in [1.29, 1.82) is 0 Å². The van der Waals surface area contributed by atoms with Gasteiger partial charge in [0, 0.05) is 23.7 Å². The van der Waals surface area contributed by atoms with E-state index in [0.717, 1.165) is 42.1 Å². The monoisotopic (exact) mass is 379 g/mol. The largest absolute Gasteiger partial charge is 0.490 e. The maximum absolute atomic E-state index is 13.1. The zero-order chi connectivity index (χ0) is 18.5. The number of thiazole rings is 1. The van der Waals surface area contributed by atoms with Crippen molar-refractivity contribution in [3.63, 3.8) is 0 Å². The summed E-state index contributed by atoms with van der Waals surface area (Å²) in [6.45, 7) is 1.23. The second kappa shape index (κ2) is 8.31. The maximum atomic E-state index is 13.1. The molecule has 1 amide bonds. The second-order valence-electron chi connectivity index (χ2n) is 6.55. The van der Waals surface area contributed by atoms with Gasteiger partial charge in [0.1, 0.15) is 23.1 Å². The van der Waals surface area contributed by atoms with Gasteiger partial charge in [0.25, 0.3) is 5.91 Å². The number of rotatable bonds is 5. The number of carbonyl (C=O) groups is 1. The zero-order valence-electron chi connectivity index (χ0n) is 15.0. The molecule has 6 heteroatoms. The zero-order valence-corrected chi connectivity index (χ0v) is 15.8. The summed E-state index contributed by atoms with van der Waals surface area (Å²) in [7, 11) is 0. The van der Waals surface area contributed by atoms with Gasteiger partial charge in [0.2, 0.25) is 0 Å². The van der Waals surface area contributed by atoms with E-state index in [9.17, 15) is 4.79 Å². The summed E-state index contributed by atoms with van der Waals surface area (Å²) < 4.78 is 5.86. The van der Waals surface area contributed by atoms with E-state index in [4.69, 9.17) is 4.74 Å². The first-order valence-electron chi connectivity index (χ1n) is 9.16. The lowest BCUT2D eigenvalue weighted by Gasteiger charge is -2.35. The lowest BCUT2D eigenvalue weighted by atomic mass is 10.0. The van der Waals surface area contributed by atoms with E-state index in [-0.39, 0.29) is 11.9 Å². The van der Waals surface area contributed by atoms with Crippen LogP contribution in [-0.4, -0.2) is 40.0 Å². The fourth-order valence-corrected chi connectivity index (χ4v) is 4.10. The number of benzene rings is 1. The van der Waals surface area contributed by atoms with Crippen molar-refractivity contribution in [2.45, 2.75) is 25.3 Å². The molecule has 138 valence electrons. The number of amides is 1. The average Bonchev–Trinajstić information content (AvgIpc) is 3.24. The molecule has 0 bridgehead atoms. The van der Waals surface area contributed by atoms with E-state index < -0.39 is 0 Å². The minimum absolute atomic E-state index is 0.00656. The lowest BCUT2D eigenvalue weighted by molar-refractivity contribution is 0.0523. The van der Waals surface area contributed by atoms with Gasteiger partial charge >= 0.3 is 0 Å². The van der Waals surface area contributed by atoms with E-state index in [1.807, 2.05) is 52.7 Å². The van der Waals surface area contributed by atoms with Gasteiger partial charge in [-0.15, -0.1) is 11.3 Å². The fourth-order valence-electron chi connectivity index (χ4n) is 3.30. The molecule has 4 rings (SSSR count). The minimum atomic E-state index is -0.00656. The smallest absolute Gasteiger partial charge is 0.273 e. The standard InChI is InChI=1S/C21H21N3O2S/c25-21(19-15-27-20(23-19)16-7-2-1-3-8-16)24-12-5-4-9-17(24)14-26-18-10-6-11-22-13-18/h1-3,6-8,10-11,13,15,17H,4-5,9,12,14H2. The number of aromatic nitrogens is 2. The summed E-state index contributed by atoms with van der Waals surface area (Å²) in [5, 5.41) is 2.73. The first kappa shape index (κ1) is 17.7. The number of nitrogens with zero attached hydrogens (tertiary/aromatic N) is 3. The molecule has 5 nitrogen and oxygen atoms in total. The Morgan fingerprint density at radius 3 is 2.89 bits per heavy atom. The van der Waals surface area contributed by atoms with Crippen LogP contribution in [0.25, 0.3) is 10.6 Å². The maximum Gasteiger partial charge on any atom is 0.273 e. The van der Waals surface area contributed by atoms with E-state index in [1.54, 1.807) is 12.4 Å². The van der Waals surface area contributed by atoms with Crippen LogP contribution in [0.1, 0.15) is 29.8 Å². The summed E-state index contributed by atoms with van der Waals surface area (Å²) in [6.07, 6.45) is 6.49. The van der Waals surface area contributed by atoms with E-state index in [2.05, 4.69) is 9.97 Å². The third-order valence-corrected chi connectivity index (χ3v) is 5.60. The number of ether oxygens (including phenoxy) is 1. The molecule has 0 spiro atoms. The van der Waals surface area contributed by atoms with Gasteiger partial charge < -0.3 is 9.64 Å². The molecule has 1 aliphatic heterocycles. The van der Waals surface area contributed by atoms with Crippen molar-refractivity contribution >= 4 is 17.2 Å². The molecule has 3 aromatic rings. The van der Waals surface area contributed by atoms with Crippen LogP contribution in [0.2, 0.25) is 0 Å². The van der Waals surface area contributed by atoms with Crippen molar-refractivity contribution in [3.05, 3.63) is 65.9 Å². The van der Waals surface area contributed by atoms with Crippen LogP contribution in [-0.2, 0) is 0 Å². The number of hydrogen-bond donors (Lipinski definition) is 0. The van der Waals surface area contributed by atoms with Crippen LogP contribution >= 0.6 is 11.3 Å². The highest BCUT2D eigenvalue weighted by Crippen LogP contribution is 2.26. The minimum Gasteiger partial charge on any atom is -0.490 e. The van der Waals surface area contributed by atoms with Gasteiger partial charge in [-0.25, -0.2) is 4.98 Å². The molecular formula is C21H21N3O2S. The Bertz CT molecular complexity index is 883. The first-order valence-corrected chi connectivity index (χ1v) is 10.0. The van der Waals surface area contributed by atoms with Crippen LogP contribution in [0.4, 0.5) is 0 Å². The molecule has 1 aromatic carbocycles. The lowest BCUT2D eigenvalue weighted by Crippen LogP contribution is -2.46. The van der Waals surface area contributed by atoms with Gasteiger partial charge in [-0.2, -0.15) is 0 Å². The van der Waals surface area contributed by atoms with Gasteiger partial charge in [-0.3, -0.25) is 9.78 Å². The Morgan fingerprint density at radius 2 is 2.07 bits per heavy atom. The molecule has 1 atom stereocenters. The van der Waals surface area contributed by atoms with Crippen LogP contribution in [0.5, 0.6) is 5.75 Å². The van der Waals surface area contributed by atoms with Crippen molar-refractivity contribution in [1.82, 2.24) is 14.9 Å². The molecule has 27 heavy (non-hydrogen) atoms. The quantitative estimate of drug-likeness (QED) is 0.664. The molecule has 0 radical (unpaired) electrons. The fraction of sp³-hybridized carbons (Fsp3) is 0.286. The van der Waals surface area contributed by atoms with Gasteiger partial charge in [-0.1, -0.05) is 30.3 Å². The van der Waals surface area contributed by atoms with Gasteiger partial charge in [0.15, 0.2) is 0 Å². The average molecular weight is 379 g/mol. The Balaban J connectivity index is 1.46. The molecule has 0 saturated carbocycles. The summed E-state index contributed by atoms with van der Waals surface area (Å²) >= 11 is 1.51. The molecule has 1 fully saturated rings. The SMILES string of the molecule is O=C(c1csc(-c2ccccc2)n1)N1CCCCC1COc1cccnc1. The predicted octanol–water partition coefficient (Wildman–Crippen LogP) is 4.28. The van der Waals surface area contributed by atoms with Gasteiger partial charge in [-0.05, 0) is 31.4 Å². The molecule has 2 aromatic heterocycles. The van der Waals surface area contributed by atoms with Crippen molar-refractivity contribution in [2.75, 3.05) is 13.2 Å². The van der Waals surface area contributed by atoms with E-state index >= 15 is 0 Å². The normalized spacial score (nSPS) is 16.9. The van der Waals surface area contributed by atoms with Crippen LogP contribution in [0, 0.1) is 0 Å². The Hall–Kier alpha value is -2.73. The summed E-state index contributed by atoms with van der Waals surface area (Å²) in [5.74, 6) is 0.725. The van der Waals surface area contributed by atoms with Crippen molar-refractivity contribution in [3.8, 4) is 16.3 Å². The number of piperidine rings is 1. The molecule has 0 N–H and O–H groups in total. The van der Waals surface area contributed by atoms with Crippen LogP contribution < -0.4 is 4.74 Å². The van der Waals surface area contributed by atoms with Gasteiger partial charge in [0.05, 0.1) is 12.2 Å². The van der Waals surface area contributed by atoms with Crippen molar-refractivity contribution < 1.29 is 9.53 Å². The van der Waals surface area contributed by atoms with E-state index in [0.29, 0.717) is 12.3 Å². The third-order valence-electron chi connectivity index (χ3n) is 4.71. The summed E-state index contributed by atoms with van der Waals surface area (Å²) in [5.41, 5.74) is 1.56. The predicted molar refractivity (Wildman–Crippen MR) is 106 cm³/mol.